The lowest BCUT2D eigenvalue weighted by Crippen LogP contribution is -2.14. The molecular formula is C19H16N2O4S. The molecule has 7 heteroatoms. The van der Waals surface area contributed by atoms with E-state index in [0.717, 1.165) is 11.1 Å². The quantitative estimate of drug-likeness (QED) is 0.535. The van der Waals surface area contributed by atoms with E-state index in [0.29, 0.717) is 5.56 Å². The molecule has 0 saturated carbocycles. The van der Waals surface area contributed by atoms with Crippen molar-refractivity contribution in [2.45, 2.75) is 11.8 Å². The van der Waals surface area contributed by atoms with Gasteiger partial charge in [-0.15, -0.1) is 0 Å². The first-order chi connectivity index (χ1) is 12.4. The molecule has 1 N–H and O–H groups in total. The Morgan fingerprint density at radius 3 is 2.12 bits per heavy atom. The van der Waals surface area contributed by atoms with Gasteiger partial charge in [0.1, 0.15) is 5.69 Å². The highest BCUT2D eigenvalue weighted by Gasteiger charge is 2.21. The van der Waals surface area contributed by atoms with Gasteiger partial charge in [0.2, 0.25) is 0 Å². The van der Waals surface area contributed by atoms with E-state index in [4.69, 9.17) is 0 Å². The predicted molar refractivity (Wildman–Crippen MR) is 101 cm³/mol. The summed E-state index contributed by atoms with van der Waals surface area (Å²) in [6, 6.07) is 20.3. The second-order valence-corrected chi connectivity index (χ2v) is 7.46. The molecule has 0 aromatic heterocycles. The van der Waals surface area contributed by atoms with Crippen LogP contribution < -0.4 is 4.72 Å². The van der Waals surface area contributed by atoms with Crippen LogP contribution in [0.5, 0.6) is 0 Å². The summed E-state index contributed by atoms with van der Waals surface area (Å²) in [6.07, 6.45) is 0. The van der Waals surface area contributed by atoms with Crippen LogP contribution in [0.1, 0.15) is 5.56 Å². The molecular weight excluding hydrogens is 352 g/mol. The molecule has 0 saturated heterocycles. The molecule has 3 rings (SSSR count). The van der Waals surface area contributed by atoms with Crippen molar-refractivity contribution in [1.82, 2.24) is 0 Å². The van der Waals surface area contributed by atoms with Gasteiger partial charge in [-0.25, -0.2) is 8.42 Å². The van der Waals surface area contributed by atoms with Crippen LogP contribution in [0.15, 0.2) is 77.7 Å². The van der Waals surface area contributed by atoms with Crippen LogP contribution in [0, 0.1) is 17.0 Å². The van der Waals surface area contributed by atoms with E-state index in [9.17, 15) is 18.5 Å². The number of rotatable bonds is 5. The average Bonchev–Trinajstić information content (AvgIpc) is 2.64. The van der Waals surface area contributed by atoms with Gasteiger partial charge in [-0.05, 0) is 41.8 Å². The first-order valence-corrected chi connectivity index (χ1v) is 9.28. The molecule has 0 aliphatic carbocycles. The molecule has 0 bridgehead atoms. The van der Waals surface area contributed by atoms with Crippen LogP contribution in [0.4, 0.5) is 11.4 Å². The number of nitro benzene ring substituents is 1. The van der Waals surface area contributed by atoms with Crippen molar-refractivity contribution in [3.8, 4) is 11.1 Å². The number of benzene rings is 3. The molecule has 0 fully saturated rings. The smallest absolute Gasteiger partial charge is 0.273 e. The molecule has 3 aromatic rings. The molecule has 3 aromatic carbocycles. The molecule has 0 spiro atoms. The van der Waals surface area contributed by atoms with Gasteiger partial charge >= 0.3 is 0 Å². The first kappa shape index (κ1) is 17.6. The second-order valence-electron chi connectivity index (χ2n) is 5.77. The monoisotopic (exact) mass is 368 g/mol. The van der Waals surface area contributed by atoms with Crippen molar-refractivity contribution < 1.29 is 13.3 Å². The van der Waals surface area contributed by atoms with Crippen molar-refractivity contribution >= 4 is 21.4 Å². The molecule has 0 aliphatic rings. The van der Waals surface area contributed by atoms with E-state index < -0.39 is 14.9 Å². The Morgan fingerprint density at radius 2 is 1.50 bits per heavy atom. The van der Waals surface area contributed by atoms with E-state index in [-0.39, 0.29) is 16.3 Å². The topological polar surface area (TPSA) is 89.3 Å². The van der Waals surface area contributed by atoms with Gasteiger partial charge in [-0.3, -0.25) is 14.8 Å². The molecule has 132 valence electrons. The summed E-state index contributed by atoms with van der Waals surface area (Å²) in [5, 5.41) is 11.2. The van der Waals surface area contributed by atoms with Gasteiger partial charge in [0.05, 0.1) is 9.82 Å². The number of hydrogen-bond acceptors (Lipinski definition) is 4. The zero-order chi connectivity index (χ0) is 18.7. The number of aryl methyl sites for hydroxylation is 1. The van der Waals surface area contributed by atoms with Crippen LogP contribution in [0.3, 0.4) is 0 Å². The van der Waals surface area contributed by atoms with Gasteiger partial charge in [0.15, 0.2) is 0 Å². The summed E-state index contributed by atoms with van der Waals surface area (Å²) in [5.74, 6) is 0. The minimum atomic E-state index is -3.94. The molecule has 0 amide bonds. The maximum absolute atomic E-state index is 12.6. The van der Waals surface area contributed by atoms with Gasteiger partial charge < -0.3 is 0 Å². The molecule has 26 heavy (non-hydrogen) atoms. The molecule has 0 aliphatic heterocycles. The Kier molecular flexibility index (Phi) is 4.73. The summed E-state index contributed by atoms with van der Waals surface area (Å²) in [5.41, 5.74) is 2.18. The number of anilines is 1. The Labute approximate surface area is 151 Å². The van der Waals surface area contributed by atoms with Crippen LogP contribution in [-0.4, -0.2) is 13.3 Å². The Bertz CT molecular complexity index is 1050. The lowest BCUT2D eigenvalue weighted by Gasteiger charge is -2.10. The zero-order valence-electron chi connectivity index (χ0n) is 13.9. The number of nitro groups is 1. The van der Waals surface area contributed by atoms with Crippen LogP contribution in [0.25, 0.3) is 11.1 Å². The van der Waals surface area contributed by atoms with E-state index in [1.54, 1.807) is 25.1 Å². The second kappa shape index (κ2) is 6.97. The summed E-state index contributed by atoms with van der Waals surface area (Å²) in [6.45, 7) is 1.70. The summed E-state index contributed by atoms with van der Waals surface area (Å²) in [7, 11) is -3.94. The van der Waals surface area contributed by atoms with E-state index in [1.165, 1.54) is 24.3 Å². The summed E-state index contributed by atoms with van der Waals surface area (Å²) in [4.78, 5) is 10.6. The average molecular weight is 368 g/mol. The summed E-state index contributed by atoms with van der Waals surface area (Å²) < 4.78 is 27.5. The van der Waals surface area contributed by atoms with Gasteiger partial charge in [0, 0.05) is 6.07 Å². The Morgan fingerprint density at radius 1 is 0.885 bits per heavy atom. The van der Waals surface area contributed by atoms with Crippen molar-refractivity contribution in [3.63, 3.8) is 0 Å². The SMILES string of the molecule is Cc1ccc(NS(=O)(=O)c2ccc(-c3ccccc3)cc2)c([N+](=O)[O-])c1. The van der Waals surface area contributed by atoms with Crippen molar-refractivity contribution in [3.05, 3.63) is 88.5 Å². The van der Waals surface area contributed by atoms with E-state index >= 15 is 0 Å². The Hall–Kier alpha value is -3.19. The lowest BCUT2D eigenvalue weighted by molar-refractivity contribution is -0.383. The van der Waals surface area contributed by atoms with Crippen molar-refractivity contribution in [1.29, 1.82) is 0 Å². The van der Waals surface area contributed by atoms with Crippen molar-refractivity contribution in [2.24, 2.45) is 0 Å². The third kappa shape index (κ3) is 3.73. The highest BCUT2D eigenvalue weighted by molar-refractivity contribution is 7.92. The fourth-order valence-electron chi connectivity index (χ4n) is 2.54. The predicted octanol–water partition coefficient (Wildman–Crippen LogP) is 4.37. The summed E-state index contributed by atoms with van der Waals surface area (Å²) >= 11 is 0. The number of nitrogens with zero attached hydrogens (tertiary/aromatic N) is 1. The largest absolute Gasteiger partial charge is 0.293 e. The number of sulfonamides is 1. The fourth-order valence-corrected chi connectivity index (χ4v) is 3.61. The molecule has 0 heterocycles. The number of hydrogen-bond donors (Lipinski definition) is 1. The maximum Gasteiger partial charge on any atom is 0.293 e. The van der Waals surface area contributed by atoms with Crippen LogP contribution in [0.2, 0.25) is 0 Å². The fraction of sp³-hybridized carbons (Fsp3) is 0.0526. The third-order valence-corrected chi connectivity index (χ3v) is 5.25. The molecule has 0 atom stereocenters. The highest BCUT2D eigenvalue weighted by Crippen LogP contribution is 2.28. The van der Waals surface area contributed by atoms with Crippen molar-refractivity contribution in [2.75, 3.05) is 4.72 Å². The molecule has 0 unspecified atom stereocenters. The third-order valence-electron chi connectivity index (χ3n) is 3.87. The van der Waals surface area contributed by atoms with Crippen LogP contribution in [-0.2, 0) is 10.0 Å². The standard InChI is InChI=1S/C19H16N2O4S/c1-14-7-12-18(19(13-14)21(22)23)20-26(24,25)17-10-8-16(9-11-17)15-5-3-2-4-6-15/h2-13,20H,1H3. The minimum absolute atomic E-state index is 0.0343. The van der Waals surface area contributed by atoms with Gasteiger partial charge in [-0.1, -0.05) is 48.5 Å². The van der Waals surface area contributed by atoms with Gasteiger partial charge in [0.25, 0.3) is 15.7 Å². The molecule has 6 nitrogen and oxygen atoms in total. The highest BCUT2D eigenvalue weighted by atomic mass is 32.2. The van der Waals surface area contributed by atoms with Gasteiger partial charge in [-0.2, -0.15) is 0 Å². The van der Waals surface area contributed by atoms with Crippen LogP contribution >= 0.6 is 0 Å². The van der Waals surface area contributed by atoms with E-state index in [1.807, 2.05) is 30.3 Å². The maximum atomic E-state index is 12.6. The minimum Gasteiger partial charge on any atom is -0.273 e. The van der Waals surface area contributed by atoms with E-state index in [2.05, 4.69) is 4.72 Å². The first-order valence-electron chi connectivity index (χ1n) is 7.80. The molecule has 0 radical (unpaired) electrons. The lowest BCUT2D eigenvalue weighted by atomic mass is 10.1. The Balaban J connectivity index is 1.91. The zero-order valence-corrected chi connectivity index (χ0v) is 14.7. The normalized spacial score (nSPS) is 11.1. The number of nitrogens with one attached hydrogen (secondary N) is 1.